The number of nitrogens with zero attached hydrogens (tertiary/aromatic N) is 3. The molecule has 1 aliphatic carbocycles. The summed E-state index contributed by atoms with van der Waals surface area (Å²) < 4.78 is 65.9. The van der Waals surface area contributed by atoms with Crippen LogP contribution in [0.4, 0.5) is 13.2 Å². The van der Waals surface area contributed by atoms with Crippen LogP contribution in [0.1, 0.15) is 35.6 Å². The normalized spacial score (nSPS) is 15.3. The Hall–Kier alpha value is -2.20. The lowest BCUT2D eigenvalue weighted by Crippen LogP contribution is -2.32. The highest BCUT2D eigenvalue weighted by Gasteiger charge is 2.37. The molecule has 1 aromatic heterocycles. The SMILES string of the molecule is CN(C)S(=O)(=O)c1cccc(Cn2nc(C3CC3)cc(C(F)(F)F)c2=O)c1. The monoisotopic (exact) mass is 401 g/mol. The second-order valence-corrected chi connectivity index (χ2v) is 8.80. The van der Waals surface area contributed by atoms with Crippen LogP contribution in [0.15, 0.2) is 40.0 Å². The first kappa shape index (κ1) is 19.6. The molecule has 1 aliphatic rings. The molecule has 3 rings (SSSR count). The van der Waals surface area contributed by atoms with Crippen molar-refractivity contribution >= 4 is 10.0 Å². The van der Waals surface area contributed by atoms with E-state index in [2.05, 4.69) is 5.10 Å². The quantitative estimate of drug-likeness (QED) is 0.772. The fourth-order valence-corrected chi connectivity index (χ4v) is 3.61. The third-order valence-corrected chi connectivity index (χ3v) is 6.11. The molecule has 0 spiro atoms. The summed E-state index contributed by atoms with van der Waals surface area (Å²) in [5.74, 6) is -0.0709. The predicted molar refractivity (Wildman–Crippen MR) is 91.9 cm³/mol. The zero-order valence-electron chi connectivity index (χ0n) is 14.7. The van der Waals surface area contributed by atoms with E-state index in [9.17, 15) is 26.4 Å². The van der Waals surface area contributed by atoms with Crippen molar-refractivity contribution in [3.05, 3.63) is 57.5 Å². The zero-order valence-corrected chi connectivity index (χ0v) is 15.5. The standard InChI is InChI=1S/C17H18F3N3O3S/c1-22(2)27(25,26)13-5-3-4-11(8-13)10-23-16(24)14(17(18,19)20)9-15(21-23)12-6-7-12/h3-5,8-9,12H,6-7,10H2,1-2H3. The number of halogens is 3. The van der Waals surface area contributed by atoms with E-state index in [0.29, 0.717) is 5.56 Å². The zero-order chi connectivity index (χ0) is 20.0. The van der Waals surface area contributed by atoms with E-state index in [1.54, 1.807) is 6.07 Å². The molecule has 1 aromatic carbocycles. The molecule has 1 heterocycles. The molecule has 0 aliphatic heterocycles. The molecule has 146 valence electrons. The van der Waals surface area contributed by atoms with Crippen molar-refractivity contribution in [2.75, 3.05) is 14.1 Å². The van der Waals surface area contributed by atoms with Gasteiger partial charge in [0, 0.05) is 20.0 Å². The van der Waals surface area contributed by atoms with Crippen LogP contribution in [0.3, 0.4) is 0 Å². The topological polar surface area (TPSA) is 72.3 Å². The first-order chi connectivity index (χ1) is 12.5. The fourth-order valence-electron chi connectivity index (χ4n) is 2.64. The van der Waals surface area contributed by atoms with E-state index in [0.717, 1.165) is 27.9 Å². The fraction of sp³-hybridized carbons (Fsp3) is 0.412. The van der Waals surface area contributed by atoms with Crippen LogP contribution < -0.4 is 5.56 Å². The number of alkyl halides is 3. The summed E-state index contributed by atoms with van der Waals surface area (Å²) in [6.07, 6.45) is -3.31. The first-order valence-corrected chi connectivity index (χ1v) is 9.65. The Morgan fingerprint density at radius 2 is 1.89 bits per heavy atom. The van der Waals surface area contributed by atoms with Crippen molar-refractivity contribution in [3.8, 4) is 0 Å². The molecule has 1 fully saturated rings. The number of benzene rings is 1. The van der Waals surface area contributed by atoms with Crippen molar-refractivity contribution in [2.24, 2.45) is 0 Å². The second kappa shape index (κ2) is 6.75. The number of hydrogen-bond acceptors (Lipinski definition) is 4. The maximum atomic E-state index is 13.2. The second-order valence-electron chi connectivity index (χ2n) is 6.65. The van der Waals surface area contributed by atoms with Crippen molar-refractivity contribution in [3.63, 3.8) is 0 Å². The summed E-state index contributed by atoms with van der Waals surface area (Å²) in [6.45, 7) is -0.251. The van der Waals surface area contributed by atoms with Crippen LogP contribution in [0.2, 0.25) is 0 Å². The van der Waals surface area contributed by atoms with Crippen LogP contribution in [-0.2, 0) is 22.7 Å². The summed E-state index contributed by atoms with van der Waals surface area (Å²) >= 11 is 0. The van der Waals surface area contributed by atoms with Crippen LogP contribution in [0, 0.1) is 0 Å². The highest BCUT2D eigenvalue weighted by molar-refractivity contribution is 7.89. The Morgan fingerprint density at radius 3 is 2.44 bits per heavy atom. The van der Waals surface area contributed by atoms with Gasteiger partial charge in [0.15, 0.2) is 0 Å². The highest BCUT2D eigenvalue weighted by Crippen LogP contribution is 2.40. The van der Waals surface area contributed by atoms with Crippen molar-refractivity contribution in [1.82, 2.24) is 14.1 Å². The molecule has 0 atom stereocenters. The summed E-state index contributed by atoms with van der Waals surface area (Å²) in [5, 5.41) is 4.08. The van der Waals surface area contributed by atoms with Gasteiger partial charge < -0.3 is 0 Å². The summed E-state index contributed by atoms with van der Waals surface area (Å²) in [5.41, 5.74) is -1.89. The molecular formula is C17H18F3N3O3S. The minimum atomic E-state index is -4.78. The van der Waals surface area contributed by atoms with E-state index in [4.69, 9.17) is 0 Å². The van der Waals surface area contributed by atoms with Gasteiger partial charge in [-0.3, -0.25) is 4.79 Å². The largest absolute Gasteiger partial charge is 0.421 e. The van der Waals surface area contributed by atoms with E-state index in [1.165, 1.54) is 32.3 Å². The molecule has 0 N–H and O–H groups in total. The van der Waals surface area contributed by atoms with Gasteiger partial charge >= 0.3 is 6.18 Å². The molecule has 0 saturated heterocycles. The number of rotatable bonds is 5. The Balaban J connectivity index is 2.04. The number of hydrogen-bond donors (Lipinski definition) is 0. The molecule has 27 heavy (non-hydrogen) atoms. The maximum Gasteiger partial charge on any atom is 0.421 e. The molecule has 6 nitrogen and oxygen atoms in total. The summed E-state index contributed by atoms with van der Waals surface area (Å²) in [7, 11) is -0.944. The van der Waals surface area contributed by atoms with Gasteiger partial charge in [-0.1, -0.05) is 12.1 Å². The molecule has 2 aromatic rings. The van der Waals surface area contributed by atoms with Crippen molar-refractivity contribution in [2.45, 2.75) is 36.4 Å². The average molecular weight is 401 g/mol. The molecule has 0 radical (unpaired) electrons. The van der Waals surface area contributed by atoms with Crippen LogP contribution in [-0.4, -0.2) is 36.6 Å². The molecule has 0 amide bonds. The van der Waals surface area contributed by atoms with Crippen LogP contribution in [0.25, 0.3) is 0 Å². The number of aromatic nitrogens is 2. The van der Waals surface area contributed by atoms with Crippen LogP contribution in [0.5, 0.6) is 0 Å². The van der Waals surface area contributed by atoms with Crippen LogP contribution >= 0.6 is 0 Å². The van der Waals surface area contributed by atoms with Gasteiger partial charge in [0.1, 0.15) is 5.56 Å². The molecule has 1 saturated carbocycles. The Morgan fingerprint density at radius 1 is 1.22 bits per heavy atom. The maximum absolute atomic E-state index is 13.2. The summed E-state index contributed by atoms with van der Waals surface area (Å²) in [4.78, 5) is 12.3. The van der Waals surface area contributed by atoms with Crippen molar-refractivity contribution in [1.29, 1.82) is 0 Å². The van der Waals surface area contributed by atoms with Gasteiger partial charge in [0.2, 0.25) is 10.0 Å². The third-order valence-electron chi connectivity index (χ3n) is 4.30. The van der Waals surface area contributed by atoms with Gasteiger partial charge in [0.25, 0.3) is 5.56 Å². The lowest BCUT2D eigenvalue weighted by Gasteiger charge is -2.14. The summed E-state index contributed by atoms with van der Waals surface area (Å²) in [6, 6.07) is 6.56. The predicted octanol–water partition coefficient (Wildman–Crippen LogP) is 2.44. The Kier molecular flexibility index (Phi) is 4.89. The molecule has 10 heteroatoms. The lowest BCUT2D eigenvalue weighted by molar-refractivity contribution is -0.139. The smallest absolute Gasteiger partial charge is 0.267 e. The van der Waals surface area contributed by atoms with Gasteiger partial charge in [-0.2, -0.15) is 18.3 Å². The Bertz CT molecular complexity index is 1030. The molecule has 0 bridgehead atoms. The minimum Gasteiger partial charge on any atom is -0.267 e. The van der Waals surface area contributed by atoms with E-state index in [-0.39, 0.29) is 23.1 Å². The molecular weight excluding hydrogens is 383 g/mol. The number of sulfonamides is 1. The van der Waals surface area contributed by atoms with Gasteiger partial charge in [-0.25, -0.2) is 17.4 Å². The lowest BCUT2D eigenvalue weighted by atomic mass is 10.2. The molecule has 0 unspecified atom stereocenters. The van der Waals surface area contributed by atoms with Gasteiger partial charge in [-0.05, 0) is 36.6 Å². The van der Waals surface area contributed by atoms with Gasteiger partial charge in [-0.15, -0.1) is 0 Å². The Labute approximate surface area is 154 Å². The third kappa shape index (κ3) is 4.06. The highest BCUT2D eigenvalue weighted by atomic mass is 32.2. The van der Waals surface area contributed by atoms with E-state index >= 15 is 0 Å². The average Bonchev–Trinajstić information content (AvgIpc) is 3.40. The van der Waals surface area contributed by atoms with Gasteiger partial charge in [0.05, 0.1) is 17.1 Å². The first-order valence-electron chi connectivity index (χ1n) is 8.21. The van der Waals surface area contributed by atoms with E-state index in [1.807, 2.05) is 0 Å². The minimum absolute atomic E-state index is 0.00700. The van der Waals surface area contributed by atoms with E-state index < -0.39 is 27.3 Å². The van der Waals surface area contributed by atoms with Crippen molar-refractivity contribution < 1.29 is 21.6 Å².